The molecule has 3 N–H and O–H groups in total. The van der Waals surface area contributed by atoms with Crippen molar-refractivity contribution < 1.29 is 19.0 Å². The topological polar surface area (TPSA) is 123 Å². The molecular formula is C18H17ClN4O4. The highest BCUT2D eigenvalue weighted by atomic mass is 35.5. The van der Waals surface area contributed by atoms with Gasteiger partial charge < -0.3 is 19.9 Å². The Morgan fingerprint density at radius 1 is 1.52 bits per heavy atom. The van der Waals surface area contributed by atoms with E-state index >= 15 is 0 Å². The Morgan fingerprint density at radius 3 is 2.96 bits per heavy atom. The summed E-state index contributed by atoms with van der Waals surface area (Å²) in [6.45, 7) is 3.57. The van der Waals surface area contributed by atoms with Crippen LogP contribution in [0.4, 0.5) is 0 Å². The molecule has 0 saturated heterocycles. The minimum absolute atomic E-state index is 0.000241. The number of ether oxygens (including phenoxy) is 3. The molecule has 140 valence electrons. The average molecular weight is 389 g/mol. The Hall–Kier alpha value is -3.18. The number of aromatic nitrogens is 2. The Balaban J connectivity index is 1.94. The zero-order chi connectivity index (χ0) is 19.6. The zero-order valence-electron chi connectivity index (χ0n) is 14.7. The van der Waals surface area contributed by atoms with Crippen molar-refractivity contribution in [3.05, 3.63) is 51.5 Å². The lowest BCUT2D eigenvalue weighted by Gasteiger charge is -2.24. The molecular weight excluding hydrogens is 372 g/mol. The maximum Gasteiger partial charge on any atom is 0.344 e. The number of hydrogen-bond acceptors (Lipinski definition) is 7. The summed E-state index contributed by atoms with van der Waals surface area (Å²) in [5.74, 6) is -0.300. The summed E-state index contributed by atoms with van der Waals surface area (Å²) in [6.07, 6.45) is 0. The number of carbonyl (C=O) groups is 1. The molecule has 0 bridgehead atoms. The first-order chi connectivity index (χ1) is 13.0. The number of esters is 1. The van der Waals surface area contributed by atoms with Crippen LogP contribution in [0.15, 0.2) is 29.7 Å². The number of H-pyrrole nitrogens is 1. The van der Waals surface area contributed by atoms with Gasteiger partial charge in [0.05, 0.1) is 17.5 Å². The first-order valence-corrected chi connectivity index (χ1v) is 8.54. The normalized spacial score (nSPS) is 15.6. The highest BCUT2D eigenvalue weighted by Gasteiger charge is 2.34. The van der Waals surface area contributed by atoms with E-state index in [1.54, 1.807) is 25.1 Å². The van der Waals surface area contributed by atoms with Gasteiger partial charge in [0.25, 0.3) is 0 Å². The molecule has 1 aromatic heterocycles. The molecule has 1 atom stereocenters. The third kappa shape index (κ3) is 3.55. The number of fused-ring (bicyclic) bond motifs is 1. The van der Waals surface area contributed by atoms with Crippen molar-refractivity contribution in [1.29, 1.82) is 5.26 Å². The van der Waals surface area contributed by atoms with Gasteiger partial charge in [-0.2, -0.15) is 5.26 Å². The summed E-state index contributed by atoms with van der Waals surface area (Å²) >= 11 is 6.32. The first kappa shape index (κ1) is 18.6. The molecule has 2 aromatic rings. The molecule has 0 spiro atoms. The molecule has 0 saturated carbocycles. The second kappa shape index (κ2) is 7.60. The Morgan fingerprint density at radius 2 is 2.30 bits per heavy atom. The fourth-order valence-corrected chi connectivity index (χ4v) is 3.13. The van der Waals surface area contributed by atoms with Crippen LogP contribution in [0, 0.1) is 18.3 Å². The van der Waals surface area contributed by atoms with Crippen LogP contribution >= 0.6 is 11.6 Å². The number of carbonyl (C=O) groups excluding carboxylic acids is 1. The molecule has 1 aliphatic rings. The van der Waals surface area contributed by atoms with E-state index in [4.69, 9.17) is 31.5 Å². The Kier molecular flexibility index (Phi) is 5.23. The van der Waals surface area contributed by atoms with Crippen LogP contribution in [-0.2, 0) is 9.53 Å². The number of aryl methyl sites for hydroxylation is 1. The maximum atomic E-state index is 11.4. The van der Waals surface area contributed by atoms with E-state index in [1.807, 2.05) is 6.92 Å². The first-order valence-electron chi connectivity index (χ1n) is 8.16. The monoisotopic (exact) mass is 388 g/mol. The second-order valence-electron chi connectivity index (χ2n) is 5.78. The number of aromatic amines is 1. The lowest BCUT2D eigenvalue weighted by atomic mass is 9.84. The minimum Gasteiger partial charge on any atom is -0.480 e. The summed E-state index contributed by atoms with van der Waals surface area (Å²) in [4.78, 5) is 11.4. The smallest absolute Gasteiger partial charge is 0.344 e. The third-order valence-corrected chi connectivity index (χ3v) is 4.36. The Bertz CT molecular complexity index is 961. The van der Waals surface area contributed by atoms with Crippen molar-refractivity contribution in [2.45, 2.75) is 19.8 Å². The molecule has 8 nitrogen and oxygen atoms in total. The summed E-state index contributed by atoms with van der Waals surface area (Å²) in [6, 6.07) is 7.15. The fraction of sp³-hybridized carbons (Fsp3) is 0.278. The lowest BCUT2D eigenvalue weighted by molar-refractivity contribution is -0.145. The van der Waals surface area contributed by atoms with Gasteiger partial charge in [-0.3, -0.25) is 5.10 Å². The SMILES string of the molecule is CCOC(=O)COc1ccc(C2C(C#N)=C(N)Oc3n[nH]c(C)c32)cc1Cl. The minimum atomic E-state index is -0.483. The van der Waals surface area contributed by atoms with E-state index in [1.165, 1.54) is 0 Å². The van der Waals surface area contributed by atoms with Crippen LogP contribution in [-0.4, -0.2) is 29.4 Å². The molecule has 0 amide bonds. The second-order valence-corrected chi connectivity index (χ2v) is 6.18. The van der Waals surface area contributed by atoms with E-state index in [0.29, 0.717) is 16.7 Å². The van der Waals surface area contributed by atoms with Crippen LogP contribution in [0.3, 0.4) is 0 Å². The highest BCUT2D eigenvalue weighted by Crippen LogP contribution is 2.43. The molecule has 0 fully saturated rings. The molecule has 3 rings (SSSR count). The van der Waals surface area contributed by atoms with Gasteiger partial charge in [0, 0.05) is 11.3 Å². The molecule has 2 heterocycles. The van der Waals surface area contributed by atoms with Gasteiger partial charge in [-0.05, 0) is 31.5 Å². The largest absolute Gasteiger partial charge is 0.480 e. The van der Waals surface area contributed by atoms with E-state index < -0.39 is 11.9 Å². The number of hydrogen-bond donors (Lipinski definition) is 2. The van der Waals surface area contributed by atoms with Crippen molar-refractivity contribution in [1.82, 2.24) is 10.2 Å². The van der Waals surface area contributed by atoms with Gasteiger partial charge in [-0.25, -0.2) is 4.79 Å². The highest BCUT2D eigenvalue weighted by molar-refractivity contribution is 6.32. The van der Waals surface area contributed by atoms with Crippen LogP contribution in [0.25, 0.3) is 0 Å². The van der Waals surface area contributed by atoms with Crippen molar-refractivity contribution in [2.24, 2.45) is 5.73 Å². The van der Waals surface area contributed by atoms with E-state index in [2.05, 4.69) is 16.3 Å². The number of allylic oxidation sites excluding steroid dienone is 1. The number of nitriles is 1. The van der Waals surface area contributed by atoms with Gasteiger partial charge in [-0.15, -0.1) is 5.10 Å². The fourth-order valence-electron chi connectivity index (χ4n) is 2.89. The molecule has 27 heavy (non-hydrogen) atoms. The molecule has 0 aliphatic carbocycles. The zero-order valence-corrected chi connectivity index (χ0v) is 15.5. The van der Waals surface area contributed by atoms with Crippen molar-refractivity contribution in [3.63, 3.8) is 0 Å². The third-order valence-electron chi connectivity index (χ3n) is 4.07. The number of halogens is 1. The molecule has 1 unspecified atom stereocenters. The van der Waals surface area contributed by atoms with Crippen molar-refractivity contribution in [3.8, 4) is 17.7 Å². The summed E-state index contributed by atoms with van der Waals surface area (Å²) < 4.78 is 15.6. The number of rotatable bonds is 5. The van der Waals surface area contributed by atoms with Crippen LogP contribution in [0.1, 0.15) is 29.7 Å². The van der Waals surface area contributed by atoms with Gasteiger partial charge in [-0.1, -0.05) is 17.7 Å². The predicted molar refractivity (Wildman–Crippen MR) is 96.2 cm³/mol. The Labute approximate surface area is 160 Å². The molecule has 1 aliphatic heterocycles. The van der Waals surface area contributed by atoms with Crippen LogP contribution in [0.5, 0.6) is 11.6 Å². The molecule has 0 radical (unpaired) electrons. The van der Waals surface area contributed by atoms with E-state index in [-0.39, 0.29) is 24.7 Å². The standard InChI is InChI=1S/C18H17ClN4O4/c1-3-25-14(24)8-26-13-5-4-10(6-12(13)19)16-11(7-20)17(21)27-18-15(16)9(2)22-23-18/h4-6,16H,3,8,21H2,1-2H3,(H,22,23). The van der Waals surface area contributed by atoms with E-state index in [9.17, 15) is 10.1 Å². The lowest BCUT2D eigenvalue weighted by Crippen LogP contribution is -2.21. The van der Waals surface area contributed by atoms with Crippen LogP contribution in [0.2, 0.25) is 5.02 Å². The maximum absolute atomic E-state index is 11.4. The number of nitrogens with two attached hydrogens (primary N) is 1. The summed E-state index contributed by atoms with van der Waals surface area (Å²) in [5, 5.41) is 16.8. The molecule has 9 heteroatoms. The van der Waals surface area contributed by atoms with Gasteiger partial charge in [0.15, 0.2) is 6.61 Å². The number of nitrogens with one attached hydrogen (secondary N) is 1. The summed E-state index contributed by atoms with van der Waals surface area (Å²) in [7, 11) is 0. The van der Waals surface area contributed by atoms with Crippen molar-refractivity contribution >= 4 is 17.6 Å². The molecule has 1 aromatic carbocycles. The van der Waals surface area contributed by atoms with Gasteiger partial charge in [0.1, 0.15) is 17.4 Å². The average Bonchev–Trinajstić information content (AvgIpc) is 3.00. The number of nitrogens with zero attached hydrogens (tertiary/aromatic N) is 2. The predicted octanol–water partition coefficient (Wildman–Crippen LogP) is 2.53. The van der Waals surface area contributed by atoms with Gasteiger partial charge in [0.2, 0.25) is 11.8 Å². The summed E-state index contributed by atoms with van der Waals surface area (Å²) in [5.41, 5.74) is 8.35. The van der Waals surface area contributed by atoms with Gasteiger partial charge >= 0.3 is 5.97 Å². The number of benzene rings is 1. The van der Waals surface area contributed by atoms with Crippen LogP contribution < -0.4 is 15.2 Å². The van der Waals surface area contributed by atoms with Crippen molar-refractivity contribution in [2.75, 3.05) is 13.2 Å². The van der Waals surface area contributed by atoms with E-state index in [0.717, 1.165) is 16.8 Å². The quantitative estimate of drug-likeness (QED) is 0.754.